The second-order valence-electron chi connectivity index (χ2n) is 1.00. The standard InChI is InChI=1S/C3H4N2OS/c6-3-5-4-1-2-7-5/h1,3H,2H2. The lowest BCUT2D eigenvalue weighted by atomic mass is 10.9. The highest BCUT2D eigenvalue weighted by atomic mass is 32.2. The lowest BCUT2D eigenvalue weighted by Crippen LogP contribution is -1.97. The van der Waals surface area contributed by atoms with E-state index in [1.807, 2.05) is 0 Å². The Morgan fingerprint density at radius 1 is 2.00 bits per heavy atom. The molecule has 38 valence electrons. The highest BCUT2D eigenvalue weighted by Crippen LogP contribution is 2.10. The Kier molecular flexibility index (Phi) is 1.31. The van der Waals surface area contributed by atoms with E-state index in [9.17, 15) is 4.79 Å². The summed E-state index contributed by atoms with van der Waals surface area (Å²) in [7, 11) is 0. The number of nitrogens with zero attached hydrogens (tertiary/aromatic N) is 2. The fraction of sp³-hybridized carbons (Fsp3) is 0.333. The normalized spacial score (nSPS) is 18.0. The summed E-state index contributed by atoms with van der Waals surface area (Å²) < 4.78 is 1.29. The molecule has 0 radical (unpaired) electrons. The number of hydrogen-bond acceptors (Lipinski definition) is 3. The minimum Gasteiger partial charge on any atom is -0.276 e. The van der Waals surface area contributed by atoms with Gasteiger partial charge in [0.25, 0.3) is 0 Å². The second-order valence-corrected chi connectivity index (χ2v) is 1.97. The molecule has 1 heterocycles. The van der Waals surface area contributed by atoms with Crippen LogP contribution in [0.5, 0.6) is 0 Å². The summed E-state index contributed by atoms with van der Waals surface area (Å²) in [5, 5.41) is 3.66. The molecule has 1 rings (SSSR count). The molecule has 3 nitrogen and oxygen atoms in total. The van der Waals surface area contributed by atoms with Gasteiger partial charge in [-0.05, 0) is 11.9 Å². The maximum Gasteiger partial charge on any atom is 0.240 e. The highest BCUT2D eigenvalue weighted by Gasteiger charge is 2.01. The van der Waals surface area contributed by atoms with Crippen molar-refractivity contribution in [3.8, 4) is 0 Å². The first-order valence-corrected chi connectivity index (χ1v) is 2.77. The molecule has 1 aliphatic rings. The predicted octanol–water partition coefficient (Wildman–Crippen LogP) is 0.0924. The highest BCUT2D eigenvalue weighted by molar-refractivity contribution is 7.98. The first-order chi connectivity index (χ1) is 3.43. The molecule has 0 aromatic heterocycles. The Morgan fingerprint density at radius 3 is 3.14 bits per heavy atom. The summed E-state index contributed by atoms with van der Waals surface area (Å²) in [6.07, 6.45) is 2.38. The molecule has 7 heavy (non-hydrogen) atoms. The first-order valence-electron chi connectivity index (χ1n) is 1.83. The molecule has 0 fully saturated rings. The Hall–Kier alpha value is -0.510. The van der Waals surface area contributed by atoms with Gasteiger partial charge in [0.2, 0.25) is 6.41 Å². The Morgan fingerprint density at radius 2 is 2.86 bits per heavy atom. The number of hydrogen-bond donors (Lipinski definition) is 0. The van der Waals surface area contributed by atoms with Gasteiger partial charge in [0.1, 0.15) is 0 Å². The van der Waals surface area contributed by atoms with Gasteiger partial charge >= 0.3 is 0 Å². The van der Waals surface area contributed by atoms with Crippen LogP contribution in [0.3, 0.4) is 0 Å². The minimum atomic E-state index is 0.689. The lowest BCUT2D eigenvalue weighted by Gasteiger charge is -1.96. The first kappa shape index (κ1) is 4.64. The van der Waals surface area contributed by atoms with E-state index in [2.05, 4.69) is 5.10 Å². The molecule has 1 aliphatic heterocycles. The molecule has 0 spiro atoms. The molecule has 0 aromatic carbocycles. The van der Waals surface area contributed by atoms with Crippen LogP contribution in [-0.4, -0.2) is 22.8 Å². The summed E-state index contributed by atoms with van der Waals surface area (Å²) in [4.78, 5) is 9.80. The molecule has 0 N–H and O–H groups in total. The lowest BCUT2D eigenvalue weighted by molar-refractivity contribution is -0.113. The van der Waals surface area contributed by atoms with Crippen LogP contribution in [0.15, 0.2) is 5.10 Å². The number of carbonyl (C=O) groups is 1. The van der Waals surface area contributed by atoms with E-state index in [4.69, 9.17) is 0 Å². The third-order valence-corrected chi connectivity index (χ3v) is 1.31. The van der Waals surface area contributed by atoms with Gasteiger partial charge in [-0.3, -0.25) is 4.79 Å². The van der Waals surface area contributed by atoms with Gasteiger partial charge in [-0.25, -0.2) is 0 Å². The van der Waals surface area contributed by atoms with Crippen molar-refractivity contribution in [2.45, 2.75) is 0 Å². The Labute approximate surface area is 45.5 Å². The van der Waals surface area contributed by atoms with Crippen molar-refractivity contribution >= 4 is 24.6 Å². The van der Waals surface area contributed by atoms with Gasteiger partial charge in [0.15, 0.2) is 0 Å². The number of carbonyl (C=O) groups excluding carboxylic acids is 1. The molecule has 1 amide bonds. The SMILES string of the molecule is O=CN1N=CCS1. The van der Waals surface area contributed by atoms with E-state index in [0.29, 0.717) is 6.41 Å². The quantitative estimate of drug-likeness (QED) is 0.359. The van der Waals surface area contributed by atoms with Crippen LogP contribution < -0.4 is 0 Å². The van der Waals surface area contributed by atoms with E-state index >= 15 is 0 Å². The molecular formula is C3H4N2OS. The summed E-state index contributed by atoms with van der Waals surface area (Å²) in [5.41, 5.74) is 0. The summed E-state index contributed by atoms with van der Waals surface area (Å²) >= 11 is 1.39. The third kappa shape index (κ3) is 0.928. The smallest absolute Gasteiger partial charge is 0.240 e. The van der Waals surface area contributed by atoms with Gasteiger partial charge < -0.3 is 0 Å². The maximum atomic E-state index is 9.80. The molecular weight excluding hydrogens is 112 g/mol. The number of amides is 1. The van der Waals surface area contributed by atoms with Crippen LogP contribution in [0.1, 0.15) is 0 Å². The minimum absolute atomic E-state index is 0.689. The number of rotatable bonds is 1. The van der Waals surface area contributed by atoms with Gasteiger partial charge in [-0.15, -0.1) is 0 Å². The van der Waals surface area contributed by atoms with Crippen LogP contribution in [0, 0.1) is 0 Å². The van der Waals surface area contributed by atoms with Crippen molar-refractivity contribution < 1.29 is 4.79 Å². The molecule has 0 atom stereocenters. The van der Waals surface area contributed by atoms with Crippen LogP contribution in [0.25, 0.3) is 0 Å². The fourth-order valence-corrected chi connectivity index (χ4v) is 0.795. The van der Waals surface area contributed by atoms with Gasteiger partial charge in [-0.2, -0.15) is 9.52 Å². The van der Waals surface area contributed by atoms with Crippen molar-refractivity contribution in [3.63, 3.8) is 0 Å². The fourth-order valence-electron chi connectivity index (χ4n) is 0.314. The van der Waals surface area contributed by atoms with Crippen molar-refractivity contribution in [1.82, 2.24) is 4.41 Å². The van der Waals surface area contributed by atoms with Crippen molar-refractivity contribution in [1.29, 1.82) is 0 Å². The molecule has 0 saturated carbocycles. The average molecular weight is 116 g/mol. The zero-order valence-electron chi connectivity index (χ0n) is 3.57. The zero-order valence-corrected chi connectivity index (χ0v) is 4.39. The third-order valence-electron chi connectivity index (χ3n) is 0.567. The summed E-state index contributed by atoms with van der Waals surface area (Å²) in [6, 6.07) is 0. The topological polar surface area (TPSA) is 32.7 Å². The van der Waals surface area contributed by atoms with Gasteiger partial charge in [0, 0.05) is 6.21 Å². The predicted molar refractivity (Wildman–Crippen MR) is 28.9 cm³/mol. The monoisotopic (exact) mass is 116 g/mol. The summed E-state index contributed by atoms with van der Waals surface area (Å²) in [6.45, 7) is 0. The molecule has 0 bridgehead atoms. The molecule has 0 aromatic rings. The molecule has 0 unspecified atom stereocenters. The summed E-state index contributed by atoms with van der Waals surface area (Å²) in [5.74, 6) is 0.818. The number of hydrazone groups is 1. The van der Waals surface area contributed by atoms with Crippen LogP contribution >= 0.6 is 11.9 Å². The van der Waals surface area contributed by atoms with Gasteiger partial charge in [-0.1, -0.05) is 0 Å². The van der Waals surface area contributed by atoms with Crippen molar-refractivity contribution in [2.75, 3.05) is 5.75 Å². The van der Waals surface area contributed by atoms with E-state index in [-0.39, 0.29) is 0 Å². The van der Waals surface area contributed by atoms with E-state index in [1.54, 1.807) is 6.21 Å². The van der Waals surface area contributed by atoms with E-state index in [1.165, 1.54) is 16.4 Å². The van der Waals surface area contributed by atoms with Crippen LogP contribution in [0.2, 0.25) is 0 Å². The van der Waals surface area contributed by atoms with Gasteiger partial charge in [0.05, 0.1) is 5.75 Å². The maximum absolute atomic E-state index is 9.80. The largest absolute Gasteiger partial charge is 0.276 e. The van der Waals surface area contributed by atoms with Crippen LogP contribution in [-0.2, 0) is 4.79 Å². The van der Waals surface area contributed by atoms with E-state index < -0.39 is 0 Å². The average Bonchev–Trinajstić information content (AvgIpc) is 2.14. The van der Waals surface area contributed by atoms with Crippen molar-refractivity contribution in [2.24, 2.45) is 5.10 Å². The van der Waals surface area contributed by atoms with Crippen molar-refractivity contribution in [3.05, 3.63) is 0 Å². The Balaban J connectivity index is 2.42. The second kappa shape index (κ2) is 1.97. The van der Waals surface area contributed by atoms with E-state index in [0.717, 1.165) is 5.75 Å². The Bertz CT molecular complexity index is 103. The van der Waals surface area contributed by atoms with Crippen LogP contribution in [0.4, 0.5) is 0 Å². The zero-order chi connectivity index (χ0) is 5.11. The molecule has 0 saturated heterocycles. The molecule has 0 aliphatic carbocycles. The molecule has 4 heteroatoms.